The number of fused-ring (bicyclic) bond motifs is 2. The normalized spacial score (nSPS) is 11.9. The van der Waals surface area contributed by atoms with Gasteiger partial charge < -0.3 is 4.98 Å². The summed E-state index contributed by atoms with van der Waals surface area (Å²) in [6, 6.07) is 11.9. The van der Waals surface area contributed by atoms with Crippen LogP contribution in [0.1, 0.15) is 5.56 Å². The molecule has 0 amide bonds. The summed E-state index contributed by atoms with van der Waals surface area (Å²) >= 11 is 0. The Labute approximate surface area is 209 Å². The number of hydrogen-bond acceptors (Lipinski definition) is 7. The predicted molar refractivity (Wildman–Crippen MR) is 137 cm³/mol. The largest absolute Gasteiger partial charge is 0.337 e. The number of benzene rings is 2. The van der Waals surface area contributed by atoms with Gasteiger partial charge in [-0.05, 0) is 41.8 Å². The smallest absolute Gasteiger partial charge is 0.209 e. The minimum atomic E-state index is -3.67. The number of hydrogen-bond donors (Lipinski definition) is 3. The monoisotopic (exact) mass is 514 g/mol. The Morgan fingerprint density at radius 2 is 1.81 bits per heavy atom. The molecule has 0 aliphatic carbocycles. The molecule has 4 aromatic heterocycles. The molecule has 0 radical (unpaired) electrons. The second-order valence-electron chi connectivity index (χ2n) is 8.57. The van der Waals surface area contributed by atoms with Crippen LogP contribution in [0.2, 0.25) is 0 Å². The second-order valence-corrected chi connectivity index (χ2v) is 10.3. The standard InChI is InChI=1S/C25H19FN8O2S/c26-17-7-14(4-5-37(27,35)36)6-15(8-17)18-2-1-3-20-23(18)32-25(31-20)24-19-9-21(16-10-28-13-29-11-16)30-12-22(19)33-34-24/h1-3,6-13H,4-5H2,(H,31,32)(H,33,34)(H2,27,35,36). The van der Waals surface area contributed by atoms with E-state index in [1.165, 1.54) is 18.5 Å². The number of imidazole rings is 1. The van der Waals surface area contributed by atoms with Crippen LogP contribution in [0.3, 0.4) is 0 Å². The Bertz CT molecular complexity index is 1880. The molecule has 0 saturated heterocycles. The van der Waals surface area contributed by atoms with Crippen molar-refractivity contribution < 1.29 is 12.8 Å². The first kappa shape index (κ1) is 22.9. The van der Waals surface area contributed by atoms with Crippen molar-refractivity contribution in [1.82, 2.24) is 35.1 Å². The number of halogens is 1. The SMILES string of the molecule is NS(=O)(=O)CCc1cc(F)cc(-c2cccc3[nH]c(-c4n[nH]c5cnc(-c6cncnc6)cc45)nc23)c1. The number of H-pyrrole nitrogens is 2. The molecule has 0 spiro atoms. The molecule has 0 aliphatic heterocycles. The van der Waals surface area contributed by atoms with E-state index in [1.807, 2.05) is 24.3 Å². The highest BCUT2D eigenvalue weighted by Gasteiger charge is 2.17. The number of aromatic amines is 2. The number of nitrogens with one attached hydrogen (secondary N) is 2. The van der Waals surface area contributed by atoms with Crippen LogP contribution >= 0.6 is 0 Å². The lowest BCUT2D eigenvalue weighted by Gasteiger charge is -2.07. The van der Waals surface area contributed by atoms with Crippen LogP contribution < -0.4 is 5.14 Å². The number of para-hydroxylation sites is 1. The molecule has 37 heavy (non-hydrogen) atoms. The van der Waals surface area contributed by atoms with Gasteiger partial charge in [0.1, 0.15) is 17.8 Å². The van der Waals surface area contributed by atoms with Gasteiger partial charge in [0.25, 0.3) is 0 Å². The lowest BCUT2D eigenvalue weighted by atomic mass is 10.0. The zero-order chi connectivity index (χ0) is 25.6. The quantitative estimate of drug-likeness (QED) is 0.307. The van der Waals surface area contributed by atoms with Crippen LogP contribution in [0, 0.1) is 5.82 Å². The number of pyridine rings is 1. The van der Waals surface area contributed by atoms with Gasteiger partial charge >= 0.3 is 0 Å². The Morgan fingerprint density at radius 1 is 0.973 bits per heavy atom. The molecular weight excluding hydrogens is 495 g/mol. The number of sulfonamides is 1. The Morgan fingerprint density at radius 3 is 2.62 bits per heavy atom. The molecule has 2 aromatic carbocycles. The van der Waals surface area contributed by atoms with Crippen molar-refractivity contribution in [1.29, 1.82) is 0 Å². The van der Waals surface area contributed by atoms with E-state index >= 15 is 0 Å². The summed E-state index contributed by atoms with van der Waals surface area (Å²) in [6.45, 7) is 0. The van der Waals surface area contributed by atoms with Crippen LogP contribution in [-0.4, -0.2) is 49.3 Å². The van der Waals surface area contributed by atoms with E-state index in [-0.39, 0.29) is 12.2 Å². The van der Waals surface area contributed by atoms with Crippen LogP contribution in [0.4, 0.5) is 4.39 Å². The third kappa shape index (κ3) is 4.55. The first-order valence-corrected chi connectivity index (χ1v) is 12.9. The number of nitrogens with zero attached hydrogens (tertiary/aromatic N) is 5. The van der Waals surface area contributed by atoms with E-state index in [0.717, 1.165) is 22.0 Å². The Kier molecular flexibility index (Phi) is 5.46. The molecule has 12 heteroatoms. The van der Waals surface area contributed by atoms with Gasteiger partial charge in [-0.2, -0.15) is 5.10 Å². The van der Waals surface area contributed by atoms with E-state index in [2.05, 4.69) is 30.1 Å². The average molecular weight is 515 g/mol. The van der Waals surface area contributed by atoms with Crippen molar-refractivity contribution in [3.8, 4) is 33.9 Å². The maximum absolute atomic E-state index is 14.5. The first-order valence-electron chi connectivity index (χ1n) is 11.2. The third-order valence-electron chi connectivity index (χ3n) is 5.98. The summed E-state index contributed by atoms with van der Waals surface area (Å²) < 4.78 is 37.2. The van der Waals surface area contributed by atoms with Gasteiger partial charge in [0.15, 0.2) is 5.82 Å². The minimum Gasteiger partial charge on any atom is -0.337 e. The highest BCUT2D eigenvalue weighted by Crippen LogP contribution is 2.33. The highest BCUT2D eigenvalue weighted by atomic mass is 32.2. The lowest BCUT2D eigenvalue weighted by molar-refractivity contribution is 0.596. The molecule has 4 N–H and O–H groups in total. The molecule has 0 atom stereocenters. The summed E-state index contributed by atoms with van der Waals surface area (Å²) in [5.74, 6) is -0.218. The van der Waals surface area contributed by atoms with E-state index in [4.69, 9.17) is 10.1 Å². The molecular formula is C25H19FN8O2S. The van der Waals surface area contributed by atoms with Crippen molar-refractivity contribution in [2.24, 2.45) is 5.14 Å². The Hall–Kier alpha value is -4.55. The predicted octanol–water partition coefficient (Wildman–Crippen LogP) is 3.60. The third-order valence-corrected chi connectivity index (χ3v) is 6.76. The summed E-state index contributed by atoms with van der Waals surface area (Å²) in [7, 11) is -3.67. The van der Waals surface area contributed by atoms with Crippen molar-refractivity contribution in [3.05, 3.63) is 78.8 Å². The van der Waals surface area contributed by atoms with Crippen molar-refractivity contribution in [2.45, 2.75) is 6.42 Å². The molecule has 0 bridgehead atoms. The van der Waals surface area contributed by atoms with Crippen LogP contribution in [0.25, 0.3) is 55.8 Å². The molecule has 0 aliphatic rings. The van der Waals surface area contributed by atoms with Crippen LogP contribution in [0.15, 0.2) is 67.4 Å². The molecule has 4 heterocycles. The number of nitrogens with two attached hydrogens (primary N) is 1. The highest BCUT2D eigenvalue weighted by molar-refractivity contribution is 7.89. The van der Waals surface area contributed by atoms with Crippen molar-refractivity contribution in [3.63, 3.8) is 0 Å². The van der Waals surface area contributed by atoms with E-state index in [0.29, 0.717) is 39.4 Å². The van der Waals surface area contributed by atoms with Gasteiger partial charge in [-0.25, -0.2) is 32.9 Å². The van der Waals surface area contributed by atoms with Gasteiger partial charge in [-0.15, -0.1) is 0 Å². The Balaban J connectivity index is 1.44. The fourth-order valence-electron chi connectivity index (χ4n) is 4.27. The summed E-state index contributed by atoms with van der Waals surface area (Å²) in [5, 5.41) is 13.4. The van der Waals surface area contributed by atoms with E-state index < -0.39 is 15.8 Å². The topological polar surface area (TPSA) is 156 Å². The summed E-state index contributed by atoms with van der Waals surface area (Å²) in [6.07, 6.45) is 6.62. The number of aromatic nitrogens is 7. The first-order chi connectivity index (χ1) is 17.8. The van der Waals surface area contributed by atoms with Crippen molar-refractivity contribution in [2.75, 3.05) is 5.75 Å². The van der Waals surface area contributed by atoms with Gasteiger partial charge in [-0.3, -0.25) is 10.1 Å². The van der Waals surface area contributed by atoms with Crippen molar-refractivity contribution >= 4 is 32.0 Å². The van der Waals surface area contributed by atoms with Gasteiger partial charge in [0.2, 0.25) is 10.0 Å². The summed E-state index contributed by atoms with van der Waals surface area (Å²) in [5.41, 5.74) is 5.97. The molecule has 10 nitrogen and oxygen atoms in total. The maximum atomic E-state index is 14.5. The molecule has 6 rings (SSSR count). The van der Waals surface area contributed by atoms with Crippen LogP contribution in [0.5, 0.6) is 0 Å². The van der Waals surface area contributed by atoms with Crippen LogP contribution in [-0.2, 0) is 16.4 Å². The minimum absolute atomic E-state index is 0.105. The molecule has 0 saturated carbocycles. The summed E-state index contributed by atoms with van der Waals surface area (Å²) in [4.78, 5) is 20.7. The molecule has 184 valence electrons. The zero-order valence-electron chi connectivity index (χ0n) is 19.2. The number of rotatable bonds is 6. The fraction of sp³-hybridized carbons (Fsp3) is 0.0800. The number of primary sulfonamides is 1. The fourth-order valence-corrected chi connectivity index (χ4v) is 4.79. The molecule has 6 aromatic rings. The zero-order valence-corrected chi connectivity index (χ0v) is 20.0. The lowest BCUT2D eigenvalue weighted by Crippen LogP contribution is -2.18. The number of aryl methyl sites for hydroxylation is 1. The molecule has 0 unspecified atom stereocenters. The molecule has 0 fully saturated rings. The average Bonchev–Trinajstić information content (AvgIpc) is 3.51. The second kappa shape index (κ2) is 8.84. The van der Waals surface area contributed by atoms with Gasteiger partial charge in [0.05, 0.1) is 34.2 Å². The van der Waals surface area contributed by atoms with E-state index in [1.54, 1.807) is 24.7 Å². The van der Waals surface area contributed by atoms with Gasteiger partial charge in [-0.1, -0.05) is 18.2 Å². The van der Waals surface area contributed by atoms with Gasteiger partial charge in [0, 0.05) is 28.9 Å². The maximum Gasteiger partial charge on any atom is 0.209 e. The van der Waals surface area contributed by atoms with E-state index in [9.17, 15) is 12.8 Å².